The van der Waals surface area contributed by atoms with Gasteiger partial charge in [0.15, 0.2) is 5.78 Å². The third-order valence-electron chi connectivity index (χ3n) is 7.12. The Morgan fingerprint density at radius 2 is 1.68 bits per heavy atom. The van der Waals surface area contributed by atoms with Gasteiger partial charge in [0, 0.05) is 40.9 Å². The average Bonchev–Trinajstić information content (AvgIpc) is 3.63. The number of aromatic nitrogens is 1. The van der Waals surface area contributed by atoms with Crippen LogP contribution in [0, 0.1) is 0 Å². The molecule has 2 aromatic heterocycles. The van der Waals surface area contributed by atoms with Gasteiger partial charge < -0.3 is 9.40 Å². The highest BCUT2D eigenvalue weighted by Gasteiger charge is 2.28. The molecule has 1 atom stereocenters. The van der Waals surface area contributed by atoms with Gasteiger partial charge in [-0.1, -0.05) is 30.3 Å². The molecule has 6 rings (SSSR count). The molecule has 1 aliphatic carbocycles. The summed E-state index contributed by atoms with van der Waals surface area (Å²) in [4.78, 5) is 42.5. The largest absolute Gasteiger partial charge is 0.331 e. The lowest BCUT2D eigenvalue weighted by Gasteiger charge is -2.11. The molecule has 0 bridgehead atoms. The summed E-state index contributed by atoms with van der Waals surface area (Å²) in [5.41, 5.74) is 6.74. The quantitative estimate of drug-likeness (QED) is 0.108. The van der Waals surface area contributed by atoms with Crippen LogP contribution in [0.3, 0.4) is 0 Å². The highest BCUT2D eigenvalue weighted by atomic mass is 32.1. The molecule has 7 heteroatoms. The number of oxime groups is 1. The summed E-state index contributed by atoms with van der Waals surface area (Å²) in [5.74, 6) is -0.163. The number of Topliss-reactive ketones (excluding diaryl/α,β-unsaturated/α-hetero) is 1. The predicted molar refractivity (Wildman–Crippen MR) is 150 cm³/mol. The van der Waals surface area contributed by atoms with E-state index in [2.05, 4.69) is 22.7 Å². The van der Waals surface area contributed by atoms with Crippen molar-refractivity contribution in [3.05, 3.63) is 99.2 Å². The lowest BCUT2D eigenvalue weighted by molar-refractivity contribution is -0.140. The Balaban J connectivity index is 1.55. The van der Waals surface area contributed by atoms with Gasteiger partial charge in [-0.25, -0.2) is 4.79 Å². The van der Waals surface area contributed by atoms with E-state index in [1.807, 2.05) is 66.0 Å². The van der Waals surface area contributed by atoms with Gasteiger partial charge in [0.05, 0.1) is 21.6 Å². The number of hydrogen-bond donors (Lipinski definition) is 0. The second-order valence-corrected chi connectivity index (χ2v) is 10.6. The molecule has 1 aliphatic rings. The summed E-state index contributed by atoms with van der Waals surface area (Å²) in [7, 11) is 0. The van der Waals surface area contributed by atoms with Crippen LogP contribution < -0.4 is 0 Å². The average molecular weight is 521 g/mol. The first-order valence-corrected chi connectivity index (χ1v) is 13.3. The van der Waals surface area contributed by atoms with E-state index in [0.29, 0.717) is 22.6 Å². The minimum absolute atomic E-state index is 0.0134. The van der Waals surface area contributed by atoms with Crippen LogP contribution in [0.2, 0.25) is 0 Å². The van der Waals surface area contributed by atoms with Gasteiger partial charge in [0.2, 0.25) is 5.78 Å². The van der Waals surface area contributed by atoms with Gasteiger partial charge in [0.1, 0.15) is 0 Å². The molecule has 0 spiro atoms. The topological polar surface area (TPSA) is 77.7 Å². The zero-order valence-electron chi connectivity index (χ0n) is 21.1. The number of thiophene rings is 1. The second kappa shape index (κ2) is 9.19. The normalized spacial score (nSPS) is 15.3. The number of fused-ring (bicyclic) bond motifs is 4. The van der Waals surface area contributed by atoms with Crippen molar-refractivity contribution in [2.24, 2.45) is 5.16 Å². The Bertz CT molecular complexity index is 1790. The Labute approximate surface area is 223 Å². The van der Waals surface area contributed by atoms with Crippen LogP contribution >= 0.6 is 11.3 Å². The number of carbonyl (C=O) groups excluding carboxylic acids is 3. The van der Waals surface area contributed by atoms with Crippen LogP contribution in [0.1, 0.15) is 69.8 Å². The van der Waals surface area contributed by atoms with Crippen LogP contribution in [0.4, 0.5) is 0 Å². The Kier molecular flexibility index (Phi) is 5.80. The molecule has 0 saturated carbocycles. The molecule has 38 heavy (non-hydrogen) atoms. The fourth-order valence-electron chi connectivity index (χ4n) is 5.24. The summed E-state index contributed by atoms with van der Waals surface area (Å²) in [6.07, 6.45) is 0.512. The molecule has 0 aliphatic heterocycles. The van der Waals surface area contributed by atoms with Crippen molar-refractivity contribution < 1.29 is 19.2 Å². The summed E-state index contributed by atoms with van der Waals surface area (Å²) < 4.78 is 2.17. The standard InChI is InChI=1S/C31H24N2O4S/c1-17-13-29(35)26-15-25-24-14-21(31(36)30-5-4-12-38-30)8-11-27(24)33(28(25)16-23(17)26)22-9-6-20(7-10-22)18(2)32-37-19(3)34/h4-12,14-17H,13H2,1-3H3. The van der Waals surface area contributed by atoms with Gasteiger partial charge in [0.25, 0.3) is 0 Å². The molecule has 5 aromatic rings. The van der Waals surface area contributed by atoms with E-state index in [9.17, 15) is 14.4 Å². The number of hydrogen-bond acceptors (Lipinski definition) is 6. The van der Waals surface area contributed by atoms with E-state index in [-0.39, 0.29) is 17.5 Å². The van der Waals surface area contributed by atoms with Gasteiger partial charge in [-0.3, -0.25) is 9.59 Å². The van der Waals surface area contributed by atoms with E-state index >= 15 is 0 Å². The SMILES string of the molecule is CC(=O)ON=C(C)c1ccc(-n2c3ccc(C(=O)c4cccs4)cc3c3cc4c(cc32)C(C)CC4=O)cc1. The van der Waals surface area contributed by atoms with Crippen molar-refractivity contribution in [2.75, 3.05) is 0 Å². The third-order valence-corrected chi connectivity index (χ3v) is 7.99. The zero-order valence-corrected chi connectivity index (χ0v) is 22.0. The van der Waals surface area contributed by atoms with Crippen molar-refractivity contribution in [1.82, 2.24) is 4.57 Å². The number of rotatable bonds is 5. The Morgan fingerprint density at radius 1 is 0.947 bits per heavy atom. The maximum Gasteiger partial charge on any atom is 0.331 e. The molecular weight excluding hydrogens is 496 g/mol. The molecule has 188 valence electrons. The van der Waals surface area contributed by atoms with Crippen LogP contribution in [-0.2, 0) is 9.63 Å². The number of nitrogens with zero attached hydrogens (tertiary/aromatic N) is 2. The van der Waals surface area contributed by atoms with Crippen molar-refractivity contribution in [2.45, 2.75) is 33.1 Å². The summed E-state index contributed by atoms with van der Waals surface area (Å²) >= 11 is 1.43. The predicted octanol–water partition coefficient (Wildman–Crippen LogP) is 7.05. The summed E-state index contributed by atoms with van der Waals surface area (Å²) in [6.45, 7) is 5.18. The van der Waals surface area contributed by atoms with E-state index in [0.717, 1.165) is 44.2 Å². The monoisotopic (exact) mass is 520 g/mol. The highest BCUT2D eigenvalue weighted by Crippen LogP contribution is 2.40. The first-order valence-electron chi connectivity index (χ1n) is 12.4. The fourth-order valence-corrected chi connectivity index (χ4v) is 5.92. The number of benzene rings is 3. The van der Waals surface area contributed by atoms with Crippen molar-refractivity contribution in [3.63, 3.8) is 0 Å². The van der Waals surface area contributed by atoms with Crippen LogP contribution in [0.25, 0.3) is 27.5 Å². The van der Waals surface area contributed by atoms with E-state index < -0.39 is 5.97 Å². The van der Waals surface area contributed by atoms with E-state index in [1.165, 1.54) is 18.3 Å². The molecule has 3 aromatic carbocycles. The maximum atomic E-state index is 13.1. The zero-order chi connectivity index (χ0) is 26.6. The minimum atomic E-state index is -0.469. The lowest BCUT2D eigenvalue weighted by Crippen LogP contribution is -2.01. The number of ketones is 2. The minimum Gasteiger partial charge on any atom is -0.318 e. The van der Waals surface area contributed by atoms with Crippen LogP contribution in [0.15, 0.2) is 77.3 Å². The molecule has 0 amide bonds. The molecule has 0 N–H and O–H groups in total. The van der Waals surface area contributed by atoms with Crippen molar-refractivity contribution in [1.29, 1.82) is 0 Å². The number of carbonyl (C=O) groups is 3. The maximum absolute atomic E-state index is 13.1. The van der Waals surface area contributed by atoms with E-state index in [4.69, 9.17) is 4.84 Å². The molecule has 0 radical (unpaired) electrons. The second-order valence-electron chi connectivity index (χ2n) is 9.67. The molecular formula is C31H24N2O4S. The van der Waals surface area contributed by atoms with Crippen molar-refractivity contribution in [3.8, 4) is 5.69 Å². The summed E-state index contributed by atoms with van der Waals surface area (Å²) in [6, 6.07) is 21.5. The van der Waals surface area contributed by atoms with Crippen LogP contribution in [-0.4, -0.2) is 27.8 Å². The molecule has 0 fully saturated rings. The van der Waals surface area contributed by atoms with Gasteiger partial charge in [-0.05, 0) is 77.9 Å². The Morgan fingerprint density at radius 3 is 2.39 bits per heavy atom. The smallest absolute Gasteiger partial charge is 0.318 e. The molecule has 1 unspecified atom stereocenters. The van der Waals surface area contributed by atoms with Gasteiger partial charge >= 0.3 is 5.97 Å². The first kappa shape index (κ1) is 24.0. The fraction of sp³-hybridized carbons (Fsp3) is 0.161. The lowest BCUT2D eigenvalue weighted by atomic mass is 10.00. The van der Waals surface area contributed by atoms with Crippen molar-refractivity contribution >= 4 is 56.4 Å². The summed E-state index contributed by atoms with van der Waals surface area (Å²) in [5, 5.41) is 7.65. The highest BCUT2D eigenvalue weighted by molar-refractivity contribution is 7.12. The Hall–Kier alpha value is -4.36. The van der Waals surface area contributed by atoms with Gasteiger partial charge in [-0.15, -0.1) is 11.3 Å². The third kappa shape index (κ3) is 3.96. The molecule has 2 heterocycles. The molecule has 0 saturated heterocycles. The van der Waals surface area contributed by atoms with E-state index in [1.54, 1.807) is 6.92 Å². The first-order chi connectivity index (χ1) is 18.3. The van der Waals surface area contributed by atoms with Crippen LogP contribution in [0.5, 0.6) is 0 Å². The van der Waals surface area contributed by atoms with Gasteiger partial charge in [-0.2, -0.15) is 0 Å². The molecule has 6 nitrogen and oxygen atoms in total.